The van der Waals surface area contributed by atoms with Crippen molar-refractivity contribution in [1.29, 1.82) is 0 Å². The lowest BCUT2D eigenvalue weighted by Gasteiger charge is -2.31. The molecule has 0 unspecified atom stereocenters. The number of benzene rings is 1. The molecule has 3 saturated heterocycles. The molecule has 0 radical (unpaired) electrons. The van der Waals surface area contributed by atoms with Gasteiger partial charge in [-0.1, -0.05) is 31.5 Å². The van der Waals surface area contributed by atoms with E-state index >= 15 is 0 Å². The van der Waals surface area contributed by atoms with Crippen LogP contribution in [0.1, 0.15) is 111 Å². The van der Waals surface area contributed by atoms with E-state index in [1.165, 1.54) is 44.1 Å². The lowest BCUT2D eigenvalue weighted by molar-refractivity contribution is -0.0182. The Balaban J connectivity index is 0.000000188. The number of nitrogens with one attached hydrogen (secondary N) is 2. The fourth-order valence-electron chi connectivity index (χ4n) is 8.05. The number of carbonyl (C=O) groups is 1. The molecule has 6 rings (SSSR count). The number of carbonyl (C=O) groups excluding carboxylic acids is 1. The summed E-state index contributed by atoms with van der Waals surface area (Å²) in [6.45, 7) is 17.0. The molecule has 0 bridgehead atoms. The number of ether oxygens (including phenoxy) is 7. The average molecular weight is 776 g/mol. The van der Waals surface area contributed by atoms with Gasteiger partial charge in [0, 0.05) is 46.5 Å². The monoisotopic (exact) mass is 776 g/mol. The largest absolute Gasteiger partial charge is 0.492 e. The van der Waals surface area contributed by atoms with Gasteiger partial charge in [-0.05, 0) is 122 Å². The topological polar surface area (TPSA) is 109 Å². The summed E-state index contributed by atoms with van der Waals surface area (Å²) in [6, 6.07) is 9.12. The van der Waals surface area contributed by atoms with Gasteiger partial charge in [0.05, 0.1) is 56.3 Å². The van der Waals surface area contributed by atoms with E-state index in [0.717, 1.165) is 69.4 Å². The second-order valence-corrected chi connectivity index (χ2v) is 17.8. The highest BCUT2D eigenvalue weighted by atomic mass is 16.6. The normalized spacial score (nSPS) is 32.3. The zero-order chi connectivity index (χ0) is 39.8. The van der Waals surface area contributed by atoms with Crippen LogP contribution in [0, 0.1) is 18.8 Å². The molecule has 5 aliphatic rings. The van der Waals surface area contributed by atoms with Crippen molar-refractivity contribution >= 4 is 6.09 Å². The van der Waals surface area contributed by atoms with Crippen LogP contribution in [0.15, 0.2) is 24.3 Å². The molecular weight excluding hydrogens is 698 g/mol. The zero-order valence-electron chi connectivity index (χ0n) is 35.8. The van der Waals surface area contributed by atoms with Crippen molar-refractivity contribution in [2.45, 2.75) is 166 Å². The SMILES string of the molecule is CO[C@@H]1CN[C@H](COC2CCC(C)CC2)C1.CO[C@@H]1CN[C@H](COc2ccc(C)cc2)C1.CO[C@H]1C[C@@H](COC2CCC(C)CC2)N(C(=O)OC(C)(C)C)C1. The van der Waals surface area contributed by atoms with Gasteiger partial charge < -0.3 is 48.7 Å². The quantitative estimate of drug-likeness (QED) is 0.224. The van der Waals surface area contributed by atoms with E-state index in [4.69, 9.17) is 33.2 Å². The summed E-state index contributed by atoms with van der Waals surface area (Å²) in [4.78, 5) is 14.2. The maximum atomic E-state index is 12.4. The fourth-order valence-corrected chi connectivity index (χ4v) is 8.05. The van der Waals surface area contributed by atoms with Gasteiger partial charge in [0.25, 0.3) is 0 Å². The van der Waals surface area contributed by atoms with Gasteiger partial charge in [-0.2, -0.15) is 0 Å². The molecule has 1 aromatic carbocycles. The Morgan fingerprint density at radius 3 is 1.64 bits per heavy atom. The molecule has 11 heteroatoms. The van der Waals surface area contributed by atoms with Crippen LogP contribution in [0.4, 0.5) is 4.79 Å². The summed E-state index contributed by atoms with van der Waals surface area (Å²) < 4.78 is 39.4. The molecule has 3 aliphatic heterocycles. The molecule has 1 amide bonds. The smallest absolute Gasteiger partial charge is 0.410 e. The van der Waals surface area contributed by atoms with E-state index in [1.807, 2.05) is 32.9 Å². The molecule has 2 saturated carbocycles. The van der Waals surface area contributed by atoms with Crippen molar-refractivity contribution in [1.82, 2.24) is 15.5 Å². The number of aryl methyl sites for hydroxylation is 1. The first kappa shape index (κ1) is 45.7. The summed E-state index contributed by atoms with van der Waals surface area (Å²) in [5.74, 6) is 2.66. The van der Waals surface area contributed by atoms with Crippen LogP contribution in [-0.2, 0) is 28.4 Å². The van der Waals surface area contributed by atoms with Crippen molar-refractivity contribution in [3.8, 4) is 5.75 Å². The molecule has 6 atom stereocenters. The first-order valence-electron chi connectivity index (χ1n) is 21.3. The average Bonchev–Trinajstić information content (AvgIpc) is 3.94. The molecule has 0 spiro atoms. The molecule has 1 aromatic rings. The second kappa shape index (κ2) is 23.4. The fraction of sp³-hybridized carbons (Fsp3) is 0.841. The Labute approximate surface area is 333 Å². The van der Waals surface area contributed by atoms with Gasteiger partial charge in [0.1, 0.15) is 18.0 Å². The van der Waals surface area contributed by atoms with E-state index in [2.05, 4.69) is 43.5 Å². The van der Waals surface area contributed by atoms with Crippen molar-refractivity contribution in [2.24, 2.45) is 11.8 Å². The van der Waals surface area contributed by atoms with Crippen molar-refractivity contribution < 1.29 is 38.0 Å². The number of amides is 1. The third-order valence-corrected chi connectivity index (χ3v) is 11.8. The molecule has 55 heavy (non-hydrogen) atoms. The maximum absolute atomic E-state index is 12.4. The Bertz CT molecular complexity index is 1200. The highest BCUT2D eigenvalue weighted by Gasteiger charge is 2.38. The Morgan fingerprint density at radius 1 is 0.673 bits per heavy atom. The Kier molecular flexibility index (Phi) is 19.5. The maximum Gasteiger partial charge on any atom is 0.410 e. The summed E-state index contributed by atoms with van der Waals surface area (Å²) in [6.07, 6.45) is 14.3. The number of rotatable bonds is 12. The minimum atomic E-state index is -0.479. The summed E-state index contributed by atoms with van der Waals surface area (Å²) in [5.41, 5.74) is 0.776. The van der Waals surface area contributed by atoms with Crippen LogP contribution < -0.4 is 15.4 Å². The molecule has 2 N–H and O–H groups in total. The molecule has 5 fully saturated rings. The number of hydrogen-bond donors (Lipinski definition) is 2. The van der Waals surface area contributed by atoms with Crippen LogP contribution in [0.3, 0.4) is 0 Å². The Morgan fingerprint density at radius 2 is 1.16 bits per heavy atom. The van der Waals surface area contributed by atoms with E-state index in [-0.39, 0.29) is 18.2 Å². The van der Waals surface area contributed by atoms with Gasteiger partial charge in [-0.25, -0.2) is 4.79 Å². The highest BCUT2D eigenvalue weighted by Crippen LogP contribution is 2.29. The van der Waals surface area contributed by atoms with Gasteiger partial charge >= 0.3 is 6.09 Å². The third-order valence-electron chi connectivity index (χ3n) is 11.8. The van der Waals surface area contributed by atoms with E-state index in [9.17, 15) is 4.79 Å². The first-order chi connectivity index (χ1) is 26.3. The molecule has 3 heterocycles. The molecule has 2 aliphatic carbocycles. The number of nitrogens with zero attached hydrogens (tertiary/aromatic N) is 1. The van der Waals surface area contributed by atoms with Crippen LogP contribution in [0.2, 0.25) is 0 Å². The van der Waals surface area contributed by atoms with Gasteiger partial charge in [0.2, 0.25) is 0 Å². The lowest BCUT2D eigenvalue weighted by Crippen LogP contribution is -2.42. The van der Waals surface area contributed by atoms with Crippen molar-refractivity contribution in [3.63, 3.8) is 0 Å². The van der Waals surface area contributed by atoms with Crippen LogP contribution in [0.5, 0.6) is 5.75 Å². The standard InChI is InChI=1S/C18H33NO4.C13H25NO2.C13H19NO2/c1-13-6-8-15(9-7-13)22-12-14-10-16(21-5)11-19(14)17(20)23-18(2,3)4;2*1-10-3-5-12(6-4-10)16-9-11-7-13(15-2)8-14-11/h13-16H,6-12H2,1-5H3;10-14H,3-9H2,1-2H3;3-6,11,13-14H,7-9H2,1-2H3/t13?,14-,15?,16-;10?,11-,12?,13-;11-,13-/m000/s1. The van der Waals surface area contributed by atoms with E-state index in [1.54, 1.807) is 26.2 Å². The number of methoxy groups -OCH3 is 3. The number of likely N-dealkylation sites (tertiary alicyclic amines) is 1. The van der Waals surface area contributed by atoms with Crippen molar-refractivity contribution in [2.75, 3.05) is 60.8 Å². The minimum absolute atomic E-state index is 0.0501. The predicted octanol–water partition coefficient (Wildman–Crippen LogP) is 7.32. The van der Waals surface area contributed by atoms with Crippen LogP contribution in [-0.4, -0.2) is 126 Å². The number of hydrogen-bond acceptors (Lipinski definition) is 10. The second-order valence-electron chi connectivity index (χ2n) is 17.8. The third kappa shape index (κ3) is 16.8. The van der Waals surface area contributed by atoms with E-state index < -0.39 is 5.60 Å². The highest BCUT2D eigenvalue weighted by molar-refractivity contribution is 5.69. The lowest BCUT2D eigenvalue weighted by atomic mass is 9.89. The van der Waals surface area contributed by atoms with Crippen LogP contribution in [0.25, 0.3) is 0 Å². The first-order valence-corrected chi connectivity index (χ1v) is 21.3. The summed E-state index contributed by atoms with van der Waals surface area (Å²) >= 11 is 0. The Hall–Kier alpha value is -1.99. The molecule has 11 nitrogen and oxygen atoms in total. The van der Waals surface area contributed by atoms with Crippen molar-refractivity contribution in [3.05, 3.63) is 29.8 Å². The summed E-state index contributed by atoms with van der Waals surface area (Å²) in [7, 11) is 5.25. The zero-order valence-corrected chi connectivity index (χ0v) is 35.8. The van der Waals surface area contributed by atoms with Crippen LogP contribution >= 0.6 is 0 Å². The predicted molar refractivity (Wildman–Crippen MR) is 218 cm³/mol. The minimum Gasteiger partial charge on any atom is -0.492 e. The van der Waals surface area contributed by atoms with Gasteiger partial charge in [-0.15, -0.1) is 0 Å². The summed E-state index contributed by atoms with van der Waals surface area (Å²) in [5, 5.41) is 6.85. The van der Waals surface area contributed by atoms with Gasteiger partial charge in [-0.3, -0.25) is 0 Å². The molecular formula is C44H77N3O8. The van der Waals surface area contributed by atoms with Gasteiger partial charge in [0.15, 0.2) is 0 Å². The molecule has 316 valence electrons. The molecule has 0 aromatic heterocycles. The van der Waals surface area contributed by atoms with E-state index in [0.29, 0.717) is 56.3 Å².